The van der Waals surface area contributed by atoms with Crippen LogP contribution in [0.5, 0.6) is 0 Å². The van der Waals surface area contributed by atoms with Crippen molar-refractivity contribution in [2.24, 2.45) is 0 Å². The Morgan fingerprint density at radius 3 is 2.52 bits per heavy atom. The summed E-state index contributed by atoms with van der Waals surface area (Å²) in [5.41, 5.74) is 1.60. The standard InChI is InChI=1S/C25H27FN2O3/c1-17-7-5-8-19(22(17)26)13-10-18-11-14-20(15-12-18)27-23(29)21-9-6-16-28(21)24(30)31-25(2,3)4/h5,7-8,11-12,14-15,21H,6,9,16H2,1-4H3,(H,27,29)/t21-/m1/s1. The number of rotatable bonds is 2. The van der Waals surface area contributed by atoms with Crippen molar-refractivity contribution in [3.05, 3.63) is 65.0 Å². The quantitative estimate of drug-likeness (QED) is 0.703. The molecule has 2 aromatic carbocycles. The molecule has 0 aromatic heterocycles. The van der Waals surface area contributed by atoms with Crippen LogP contribution < -0.4 is 5.32 Å². The molecule has 0 unspecified atom stereocenters. The minimum absolute atomic E-state index is 0.246. The monoisotopic (exact) mass is 422 g/mol. The molecule has 1 aliphatic rings. The van der Waals surface area contributed by atoms with E-state index in [1.54, 1.807) is 70.2 Å². The Kier molecular flexibility index (Phi) is 6.65. The van der Waals surface area contributed by atoms with Crippen molar-refractivity contribution in [3.8, 4) is 11.8 Å². The topological polar surface area (TPSA) is 58.6 Å². The molecule has 0 aliphatic carbocycles. The molecule has 6 heteroatoms. The van der Waals surface area contributed by atoms with E-state index in [0.29, 0.717) is 35.3 Å². The smallest absolute Gasteiger partial charge is 0.410 e. The van der Waals surface area contributed by atoms with Gasteiger partial charge in [-0.25, -0.2) is 9.18 Å². The number of ether oxygens (including phenoxy) is 1. The highest BCUT2D eigenvalue weighted by Crippen LogP contribution is 2.22. The van der Waals surface area contributed by atoms with Crippen LogP contribution in [0.4, 0.5) is 14.9 Å². The van der Waals surface area contributed by atoms with Crippen molar-refractivity contribution in [1.29, 1.82) is 0 Å². The van der Waals surface area contributed by atoms with Gasteiger partial charge in [0.2, 0.25) is 5.91 Å². The highest BCUT2D eigenvalue weighted by Gasteiger charge is 2.36. The van der Waals surface area contributed by atoms with Crippen molar-refractivity contribution >= 4 is 17.7 Å². The lowest BCUT2D eigenvalue weighted by Gasteiger charge is -2.28. The molecule has 162 valence electrons. The lowest BCUT2D eigenvalue weighted by atomic mass is 10.1. The van der Waals surface area contributed by atoms with Crippen LogP contribution in [-0.4, -0.2) is 35.1 Å². The maximum Gasteiger partial charge on any atom is 0.410 e. The molecular weight excluding hydrogens is 395 g/mol. The minimum Gasteiger partial charge on any atom is -0.444 e. The van der Waals surface area contributed by atoms with E-state index in [1.807, 2.05) is 0 Å². The number of amides is 2. The van der Waals surface area contributed by atoms with Crippen molar-refractivity contribution in [2.75, 3.05) is 11.9 Å². The van der Waals surface area contributed by atoms with Gasteiger partial charge in [-0.2, -0.15) is 0 Å². The molecule has 0 spiro atoms. The van der Waals surface area contributed by atoms with E-state index in [0.717, 1.165) is 6.42 Å². The molecule has 0 bridgehead atoms. The fraction of sp³-hybridized carbons (Fsp3) is 0.360. The number of benzene rings is 2. The van der Waals surface area contributed by atoms with Crippen molar-refractivity contribution in [3.63, 3.8) is 0 Å². The molecule has 1 saturated heterocycles. The SMILES string of the molecule is Cc1cccc(C#Cc2ccc(NC(=O)[C@H]3CCCN3C(=O)OC(C)(C)C)cc2)c1F. The Bertz CT molecular complexity index is 1030. The largest absolute Gasteiger partial charge is 0.444 e. The average molecular weight is 423 g/mol. The Morgan fingerprint density at radius 1 is 1.13 bits per heavy atom. The predicted molar refractivity (Wildman–Crippen MR) is 118 cm³/mol. The van der Waals surface area contributed by atoms with E-state index in [-0.39, 0.29) is 11.7 Å². The summed E-state index contributed by atoms with van der Waals surface area (Å²) in [6, 6.07) is 11.5. The predicted octanol–water partition coefficient (Wildman–Crippen LogP) is 4.87. The number of hydrogen-bond donors (Lipinski definition) is 1. The summed E-state index contributed by atoms with van der Waals surface area (Å²) in [5, 5.41) is 2.85. The molecule has 1 atom stereocenters. The van der Waals surface area contributed by atoms with Gasteiger partial charge in [-0.3, -0.25) is 9.69 Å². The number of nitrogens with one attached hydrogen (secondary N) is 1. The van der Waals surface area contributed by atoms with E-state index < -0.39 is 17.7 Å². The molecular formula is C25H27FN2O3. The van der Waals surface area contributed by atoms with Crippen LogP contribution in [0.2, 0.25) is 0 Å². The van der Waals surface area contributed by atoms with Crippen LogP contribution in [0.3, 0.4) is 0 Å². The normalized spacial score (nSPS) is 15.8. The van der Waals surface area contributed by atoms with Gasteiger partial charge in [0.1, 0.15) is 17.5 Å². The third kappa shape index (κ3) is 5.85. The Hall–Kier alpha value is -3.33. The summed E-state index contributed by atoms with van der Waals surface area (Å²) < 4.78 is 19.5. The number of aryl methyl sites for hydroxylation is 1. The van der Waals surface area contributed by atoms with E-state index >= 15 is 0 Å². The van der Waals surface area contributed by atoms with Crippen LogP contribution in [0.1, 0.15) is 50.3 Å². The molecule has 0 saturated carbocycles. The lowest BCUT2D eigenvalue weighted by Crippen LogP contribution is -2.45. The first-order valence-electron chi connectivity index (χ1n) is 10.3. The molecule has 1 heterocycles. The molecule has 2 aromatic rings. The number of nitrogens with zero attached hydrogens (tertiary/aromatic N) is 1. The van der Waals surface area contributed by atoms with Crippen molar-refractivity contribution < 1.29 is 18.7 Å². The zero-order valence-corrected chi connectivity index (χ0v) is 18.3. The van der Waals surface area contributed by atoms with E-state index in [4.69, 9.17) is 4.74 Å². The zero-order valence-electron chi connectivity index (χ0n) is 18.3. The first-order chi connectivity index (χ1) is 14.6. The molecule has 5 nitrogen and oxygen atoms in total. The van der Waals surface area contributed by atoms with Crippen LogP contribution in [0.15, 0.2) is 42.5 Å². The third-order valence-electron chi connectivity index (χ3n) is 4.87. The Morgan fingerprint density at radius 2 is 1.84 bits per heavy atom. The van der Waals surface area contributed by atoms with Crippen molar-refractivity contribution in [2.45, 2.75) is 52.2 Å². The Labute approximate surface area is 182 Å². The van der Waals surface area contributed by atoms with Crippen molar-refractivity contribution in [1.82, 2.24) is 4.90 Å². The fourth-order valence-corrected chi connectivity index (χ4v) is 3.32. The molecule has 1 N–H and O–H groups in total. The molecule has 1 fully saturated rings. The fourth-order valence-electron chi connectivity index (χ4n) is 3.32. The summed E-state index contributed by atoms with van der Waals surface area (Å²) in [7, 11) is 0. The Balaban J connectivity index is 1.64. The van der Waals surface area contributed by atoms with Crippen LogP contribution in [-0.2, 0) is 9.53 Å². The first kappa shape index (κ1) is 22.4. The molecule has 2 amide bonds. The van der Waals surface area contributed by atoms with Gasteiger partial charge in [0.15, 0.2) is 0 Å². The summed E-state index contributed by atoms with van der Waals surface area (Å²) in [6.07, 6.45) is 0.872. The van der Waals surface area contributed by atoms with E-state index in [2.05, 4.69) is 17.2 Å². The summed E-state index contributed by atoms with van der Waals surface area (Å²) in [4.78, 5) is 26.6. The lowest BCUT2D eigenvalue weighted by molar-refractivity contribution is -0.120. The summed E-state index contributed by atoms with van der Waals surface area (Å²) in [5.74, 6) is 5.22. The van der Waals surface area contributed by atoms with Gasteiger partial charge >= 0.3 is 6.09 Å². The van der Waals surface area contributed by atoms with Gasteiger partial charge in [-0.15, -0.1) is 0 Å². The van der Waals surface area contributed by atoms with E-state index in [1.165, 1.54) is 4.90 Å². The number of anilines is 1. The van der Waals surface area contributed by atoms with Gasteiger partial charge in [0, 0.05) is 17.8 Å². The van der Waals surface area contributed by atoms with Crippen LogP contribution in [0.25, 0.3) is 0 Å². The van der Waals surface area contributed by atoms with Crippen LogP contribution in [0, 0.1) is 24.6 Å². The number of hydrogen-bond acceptors (Lipinski definition) is 3. The van der Waals surface area contributed by atoms with Gasteiger partial charge in [-0.05, 0) is 76.4 Å². The van der Waals surface area contributed by atoms with Gasteiger partial charge in [-0.1, -0.05) is 24.0 Å². The second-order valence-electron chi connectivity index (χ2n) is 8.58. The van der Waals surface area contributed by atoms with Crippen LogP contribution >= 0.6 is 0 Å². The highest BCUT2D eigenvalue weighted by molar-refractivity contribution is 5.96. The van der Waals surface area contributed by atoms with E-state index in [9.17, 15) is 14.0 Å². The highest BCUT2D eigenvalue weighted by atomic mass is 19.1. The number of carbonyl (C=O) groups is 2. The number of halogens is 1. The first-order valence-corrected chi connectivity index (χ1v) is 10.3. The third-order valence-corrected chi connectivity index (χ3v) is 4.87. The zero-order chi connectivity index (χ0) is 22.6. The summed E-state index contributed by atoms with van der Waals surface area (Å²) >= 11 is 0. The average Bonchev–Trinajstić information content (AvgIpc) is 3.19. The number of likely N-dealkylation sites (tertiary alicyclic amines) is 1. The number of carbonyl (C=O) groups excluding carboxylic acids is 2. The van der Waals surface area contributed by atoms with Gasteiger partial charge < -0.3 is 10.1 Å². The maximum absolute atomic E-state index is 14.1. The molecule has 0 radical (unpaired) electrons. The van der Waals surface area contributed by atoms with Gasteiger partial charge in [0.05, 0.1) is 5.56 Å². The summed E-state index contributed by atoms with van der Waals surface area (Å²) in [6.45, 7) is 7.60. The molecule has 3 rings (SSSR count). The second kappa shape index (κ2) is 9.22. The molecule has 31 heavy (non-hydrogen) atoms. The maximum atomic E-state index is 14.1. The van der Waals surface area contributed by atoms with Gasteiger partial charge in [0.25, 0.3) is 0 Å². The molecule has 1 aliphatic heterocycles. The second-order valence-corrected chi connectivity index (χ2v) is 8.58. The minimum atomic E-state index is -0.612.